The molecule has 0 heterocycles. The predicted octanol–water partition coefficient (Wildman–Crippen LogP) is 4.46. The quantitative estimate of drug-likeness (QED) is 0.399. The fourth-order valence-electron chi connectivity index (χ4n) is 3.38. The molecule has 4 rings (SSSR count). The number of anilines is 2. The van der Waals surface area contributed by atoms with Gasteiger partial charge in [0.15, 0.2) is 6.61 Å². The van der Waals surface area contributed by atoms with Gasteiger partial charge in [-0.05, 0) is 59.3 Å². The van der Waals surface area contributed by atoms with Gasteiger partial charge >= 0.3 is 5.97 Å². The van der Waals surface area contributed by atoms with E-state index in [1.165, 1.54) is 31.3 Å². The summed E-state index contributed by atoms with van der Waals surface area (Å²) in [6.07, 6.45) is 0. The van der Waals surface area contributed by atoms with Gasteiger partial charge in [-0.2, -0.15) is 0 Å². The average molecular weight is 475 g/mol. The number of carbonyl (C=O) groups excluding carboxylic acids is 2. The van der Waals surface area contributed by atoms with Gasteiger partial charge in [-0.25, -0.2) is 13.2 Å². The van der Waals surface area contributed by atoms with Gasteiger partial charge in [0, 0.05) is 12.7 Å². The second-order valence-electron chi connectivity index (χ2n) is 7.52. The van der Waals surface area contributed by atoms with Crippen LogP contribution in [0.5, 0.6) is 0 Å². The molecule has 0 aliphatic carbocycles. The maximum Gasteiger partial charge on any atom is 0.338 e. The second-order valence-corrected chi connectivity index (χ2v) is 9.49. The SMILES string of the molecule is CN(c1ccccc1)S(=O)(=O)c1ccc(C(=O)OCC(=O)Nc2ccc3ccccc3c2)cc1. The van der Waals surface area contributed by atoms with Crippen molar-refractivity contribution in [2.45, 2.75) is 4.90 Å². The van der Waals surface area contributed by atoms with Crippen molar-refractivity contribution in [3.8, 4) is 0 Å². The Balaban J connectivity index is 1.36. The van der Waals surface area contributed by atoms with Gasteiger partial charge in [-0.3, -0.25) is 9.10 Å². The lowest BCUT2D eigenvalue weighted by Crippen LogP contribution is -2.26. The van der Waals surface area contributed by atoms with Gasteiger partial charge in [0.05, 0.1) is 16.1 Å². The Kier molecular flexibility index (Phi) is 6.60. The molecule has 1 amide bonds. The Bertz CT molecular complexity index is 1440. The third-order valence-corrected chi connectivity index (χ3v) is 7.04. The third kappa shape index (κ3) is 5.07. The highest BCUT2D eigenvalue weighted by Crippen LogP contribution is 2.22. The van der Waals surface area contributed by atoms with Crippen molar-refractivity contribution in [2.75, 3.05) is 23.3 Å². The molecule has 0 aliphatic heterocycles. The number of sulfonamides is 1. The van der Waals surface area contributed by atoms with E-state index in [1.807, 2.05) is 36.4 Å². The van der Waals surface area contributed by atoms with Crippen LogP contribution in [0.2, 0.25) is 0 Å². The number of fused-ring (bicyclic) bond motifs is 1. The van der Waals surface area contributed by atoms with E-state index in [0.717, 1.165) is 15.1 Å². The van der Waals surface area contributed by atoms with Crippen LogP contribution in [-0.2, 0) is 19.6 Å². The van der Waals surface area contributed by atoms with E-state index in [9.17, 15) is 18.0 Å². The van der Waals surface area contributed by atoms with Crippen LogP contribution >= 0.6 is 0 Å². The molecular weight excluding hydrogens is 452 g/mol. The molecule has 0 saturated carbocycles. The zero-order valence-corrected chi connectivity index (χ0v) is 19.2. The smallest absolute Gasteiger partial charge is 0.338 e. The number of nitrogens with zero attached hydrogens (tertiary/aromatic N) is 1. The molecule has 172 valence electrons. The van der Waals surface area contributed by atoms with Gasteiger partial charge in [0.25, 0.3) is 15.9 Å². The molecule has 4 aromatic rings. The normalized spacial score (nSPS) is 11.1. The molecule has 0 saturated heterocycles. The molecule has 0 spiro atoms. The lowest BCUT2D eigenvalue weighted by Gasteiger charge is -2.19. The first-order valence-corrected chi connectivity index (χ1v) is 11.9. The summed E-state index contributed by atoms with van der Waals surface area (Å²) in [5.74, 6) is -1.21. The van der Waals surface area contributed by atoms with Gasteiger partial charge in [0.1, 0.15) is 0 Å². The first-order valence-electron chi connectivity index (χ1n) is 10.4. The number of hydrogen-bond donors (Lipinski definition) is 1. The molecule has 0 atom stereocenters. The number of esters is 1. The molecule has 4 aromatic carbocycles. The van der Waals surface area contributed by atoms with E-state index in [2.05, 4.69) is 5.32 Å². The maximum absolute atomic E-state index is 12.8. The van der Waals surface area contributed by atoms with Gasteiger partial charge in [0.2, 0.25) is 0 Å². The van der Waals surface area contributed by atoms with E-state index in [1.54, 1.807) is 36.4 Å². The predicted molar refractivity (Wildman–Crippen MR) is 131 cm³/mol. The summed E-state index contributed by atoms with van der Waals surface area (Å²) in [5.41, 5.74) is 1.25. The van der Waals surface area contributed by atoms with Crippen LogP contribution in [0.1, 0.15) is 10.4 Å². The minimum atomic E-state index is -3.79. The van der Waals surface area contributed by atoms with Crippen LogP contribution in [0, 0.1) is 0 Å². The first-order chi connectivity index (χ1) is 16.3. The summed E-state index contributed by atoms with van der Waals surface area (Å²) in [4.78, 5) is 24.6. The molecular formula is C26H22N2O5S. The summed E-state index contributed by atoms with van der Waals surface area (Å²) < 4.78 is 31.9. The summed E-state index contributed by atoms with van der Waals surface area (Å²) >= 11 is 0. The first kappa shape index (κ1) is 23.0. The topological polar surface area (TPSA) is 92.8 Å². The Labute approximate surface area is 197 Å². The summed E-state index contributed by atoms with van der Waals surface area (Å²) in [6, 6.07) is 27.3. The Morgan fingerprint density at radius 1 is 0.824 bits per heavy atom. The Morgan fingerprint density at radius 2 is 1.47 bits per heavy atom. The molecule has 0 aromatic heterocycles. The number of amides is 1. The van der Waals surface area contributed by atoms with Gasteiger partial charge in [-0.15, -0.1) is 0 Å². The number of carbonyl (C=O) groups is 2. The number of hydrogen-bond acceptors (Lipinski definition) is 5. The van der Waals surface area contributed by atoms with Crippen LogP contribution in [0.3, 0.4) is 0 Å². The number of nitrogens with one attached hydrogen (secondary N) is 1. The largest absolute Gasteiger partial charge is 0.452 e. The van der Waals surface area contributed by atoms with Crippen LogP contribution < -0.4 is 9.62 Å². The zero-order chi connectivity index (χ0) is 24.1. The van der Waals surface area contributed by atoms with E-state index < -0.39 is 28.5 Å². The molecule has 0 radical (unpaired) electrons. The van der Waals surface area contributed by atoms with Crippen LogP contribution in [0.15, 0.2) is 102 Å². The van der Waals surface area contributed by atoms with Crippen molar-refractivity contribution < 1.29 is 22.7 Å². The Morgan fingerprint density at radius 3 is 2.18 bits per heavy atom. The minimum Gasteiger partial charge on any atom is -0.452 e. The molecule has 7 nitrogen and oxygen atoms in total. The highest BCUT2D eigenvalue weighted by atomic mass is 32.2. The zero-order valence-electron chi connectivity index (χ0n) is 18.3. The van der Waals surface area contributed by atoms with Crippen LogP contribution in [0.4, 0.5) is 11.4 Å². The molecule has 0 aliphatic rings. The molecule has 34 heavy (non-hydrogen) atoms. The minimum absolute atomic E-state index is 0.0319. The fourth-order valence-corrected chi connectivity index (χ4v) is 4.57. The number of para-hydroxylation sites is 1. The molecule has 0 bridgehead atoms. The van der Waals surface area contributed by atoms with Gasteiger partial charge in [-0.1, -0.05) is 48.5 Å². The molecule has 8 heteroatoms. The summed E-state index contributed by atoms with van der Waals surface area (Å²) in [5, 5.41) is 4.72. The maximum atomic E-state index is 12.8. The van der Waals surface area contributed by atoms with E-state index in [4.69, 9.17) is 4.74 Å². The lowest BCUT2D eigenvalue weighted by molar-refractivity contribution is -0.119. The number of rotatable bonds is 7. The Hall–Kier alpha value is -4.17. The summed E-state index contributed by atoms with van der Waals surface area (Å²) in [6.45, 7) is -0.470. The van der Waals surface area contributed by atoms with Crippen molar-refractivity contribution >= 4 is 44.0 Å². The standard InChI is InChI=1S/C26H22N2O5S/c1-28(23-9-3-2-4-10-23)34(31,32)24-15-12-20(13-16-24)26(30)33-18-25(29)27-22-14-11-19-7-5-6-8-21(19)17-22/h2-17H,18H2,1H3,(H,27,29). The van der Waals surface area contributed by atoms with Crippen LogP contribution in [-0.4, -0.2) is 33.9 Å². The van der Waals surface area contributed by atoms with Crippen molar-refractivity contribution in [3.05, 3.63) is 103 Å². The summed E-state index contributed by atoms with van der Waals surface area (Å²) in [7, 11) is -2.33. The van der Waals surface area contributed by atoms with Gasteiger partial charge < -0.3 is 10.1 Å². The van der Waals surface area contributed by atoms with Crippen molar-refractivity contribution in [2.24, 2.45) is 0 Å². The fraction of sp³-hybridized carbons (Fsp3) is 0.0769. The van der Waals surface area contributed by atoms with E-state index in [0.29, 0.717) is 11.4 Å². The molecule has 0 fully saturated rings. The molecule has 1 N–H and O–H groups in total. The second kappa shape index (κ2) is 9.76. The van der Waals surface area contributed by atoms with E-state index >= 15 is 0 Å². The average Bonchev–Trinajstić information content (AvgIpc) is 2.87. The van der Waals surface area contributed by atoms with Crippen LogP contribution in [0.25, 0.3) is 10.8 Å². The highest BCUT2D eigenvalue weighted by molar-refractivity contribution is 7.92. The number of ether oxygens (including phenoxy) is 1. The van der Waals surface area contributed by atoms with Crippen molar-refractivity contribution in [1.29, 1.82) is 0 Å². The number of benzene rings is 4. The third-order valence-electron chi connectivity index (χ3n) is 5.24. The van der Waals surface area contributed by atoms with Crippen molar-refractivity contribution in [1.82, 2.24) is 0 Å². The monoisotopic (exact) mass is 474 g/mol. The van der Waals surface area contributed by atoms with E-state index in [-0.39, 0.29) is 10.5 Å². The van der Waals surface area contributed by atoms with Crippen molar-refractivity contribution in [3.63, 3.8) is 0 Å². The molecule has 0 unspecified atom stereocenters. The highest BCUT2D eigenvalue weighted by Gasteiger charge is 2.22. The lowest BCUT2D eigenvalue weighted by atomic mass is 10.1.